The van der Waals surface area contributed by atoms with E-state index in [-0.39, 0.29) is 6.54 Å². The van der Waals surface area contributed by atoms with Crippen molar-refractivity contribution in [3.63, 3.8) is 0 Å². The summed E-state index contributed by atoms with van der Waals surface area (Å²) in [6.45, 7) is 2.68. The molecule has 13 heavy (non-hydrogen) atoms. The van der Waals surface area contributed by atoms with Gasteiger partial charge in [-0.05, 0) is 6.08 Å². The van der Waals surface area contributed by atoms with Gasteiger partial charge in [-0.25, -0.2) is 4.39 Å². The van der Waals surface area contributed by atoms with Crippen LogP contribution in [0.25, 0.3) is 0 Å². The van der Waals surface area contributed by atoms with E-state index in [0.29, 0.717) is 6.08 Å². The van der Waals surface area contributed by atoms with E-state index in [1.54, 1.807) is 0 Å². The highest BCUT2D eigenvalue weighted by Crippen LogP contribution is 2.30. The monoisotopic (exact) mass is 195 g/mol. The van der Waals surface area contributed by atoms with Crippen molar-refractivity contribution in [2.75, 3.05) is 6.54 Å². The van der Waals surface area contributed by atoms with Crippen molar-refractivity contribution in [1.82, 2.24) is 0 Å². The minimum atomic E-state index is -4.72. The van der Waals surface area contributed by atoms with Gasteiger partial charge in [0.2, 0.25) is 0 Å². The van der Waals surface area contributed by atoms with Gasteiger partial charge in [0.15, 0.2) is 0 Å². The Morgan fingerprint density at radius 3 is 2.23 bits per heavy atom. The van der Waals surface area contributed by atoms with Gasteiger partial charge in [-0.15, -0.1) is 0 Å². The Hall–Kier alpha value is -1.10. The van der Waals surface area contributed by atoms with Crippen molar-refractivity contribution in [2.45, 2.75) is 6.18 Å². The van der Waals surface area contributed by atoms with E-state index in [4.69, 9.17) is 5.73 Å². The van der Waals surface area contributed by atoms with Gasteiger partial charge in [0.05, 0.1) is 5.57 Å². The summed E-state index contributed by atoms with van der Waals surface area (Å²) >= 11 is 0. The minimum Gasteiger partial charge on any atom is -0.327 e. The Balaban J connectivity index is 4.72. The summed E-state index contributed by atoms with van der Waals surface area (Å²) in [5.74, 6) is -1.51. The van der Waals surface area contributed by atoms with Crippen LogP contribution in [-0.4, -0.2) is 12.7 Å². The molecule has 0 unspecified atom stereocenters. The molecule has 0 spiro atoms. The van der Waals surface area contributed by atoms with Gasteiger partial charge in [-0.1, -0.05) is 18.7 Å². The Kier molecular flexibility index (Phi) is 4.40. The van der Waals surface area contributed by atoms with Crippen LogP contribution in [0, 0.1) is 0 Å². The predicted octanol–water partition coefficient (Wildman–Crippen LogP) is 2.47. The molecule has 0 saturated carbocycles. The van der Waals surface area contributed by atoms with Crippen molar-refractivity contribution >= 4 is 0 Å². The number of rotatable bonds is 3. The Morgan fingerprint density at radius 1 is 1.38 bits per heavy atom. The molecule has 0 aromatic carbocycles. The van der Waals surface area contributed by atoms with Crippen LogP contribution < -0.4 is 5.73 Å². The second kappa shape index (κ2) is 4.81. The highest BCUT2D eigenvalue weighted by molar-refractivity contribution is 5.31. The van der Waals surface area contributed by atoms with Gasteiger partial charge in [-0.3, -0.25) is 0 Å². The maximum Gasteiger partial charge on any atom is 0.419 e. The van der Waals surface area contributed by atoms with Crippen LogP contribution in [0.1, 0.15) is 0 Å². The highest BCUT2D eigenvalue weighted by atomic mass is 19.4. The summed E-state index contributed by atoms with van der Waals surface area (Å²) in [6, 6.07) is 0. The first-order valence-electron chi connectivity index (χ1n) is 3.38. The van der Waals surface area contributed by atoms with E-state index in [2.05, 4.69) is 6.58 Å². The van der Waals surface area contributed by atoms with E-state index in [1.165, 1.54) is 6.08 Å². The van der Waals surface area contributed by atoms with Crippen LogP contribution in [0.3, 0.4) is 0 Å². The lowest BCUT2D eigenvalue weighted by atomic mass is 10.2. The lowest BCUT2D eigenvalue weighted by Gasteiger charge is -2.07. The average molecular weight is 195 g/mol. The molecule has 0 aliphatic heterocycles. The molecule has 0 amide bonds. The molecule has 2 N–H and O–H groups in total. The molecule has 0 aromatic heterocycles. The van der Waals surface area contributed by atoms with Crippen molar-refractivity contribution in [1.29, 1.82) is 0 Å². The first-order chi connectivity index (χ1) is 5.89. The summed E-state index contributed by atoms with van der Waals surface area (Å²) in [4.78, 5) is 0. The number of nitrogens with two attached hydrogens (primary N) is 1. The van der Waals surface area contributed by atoms with Gasteiger partial charge in [0.25, 0.3) is 0 Å². The Bertz CT molecular complexity index is 237. The third-order valence-electron chi connectivity index (χ3n) is 1.13. The molecule has 0 bridgehead atoms. The van der Waals surface area contributed by atoms with Crippen LogP contribution in [0.15, 0.2) is 36.2 Å². The third kappa shape index (κ3) is 4.47. The van der Waals surface area contributed by atoms with E-state index >= 15 is 0 Å². The van der Waals surface area contributed by atoms with Crippen molar-refractivity contribution in [3.05, 3.63) is 36.2 Å². The van der Waals surface area contributed by atoms with E-state index in [1.807, 2.05) is 0 Å². The van der Waals surface area contributed by atoms with Gasteiger partial charge >= 0.3 is 6.18 Å². The normalized spacial score (nSPS) is 13.8. The predicted molar refractivity (Wildman–Crippen MR) is 42.6 cm³/mol. The molecule has 1 nitrogen and oxygen atoms in total. The number of hydrogen-bond acceptors (Lipinski definition) is 1. The summed E-state index contributed by atoms with van der Waals surface area (Å²) in [5.41, 5.74) is 3.59. The first-order valence-corrected chi connectivity index (χ1v) is 3.38. The van der Waals surface area contributed by atoms with Crippen molar-refractivity contribution in [3.8, 4) is 0 Å². The summed E-state index contributed by atoms with van der Waals surface area (Å²) in [7, 11) is 0. The Morgan fingerprint density at radius 2 is 1.92 bits per heavy atom. The molecule has 0 rings (SSSR count). The molecular weight excluding hydrogens is 186 g/mol. The average Bonchev–Trinajstić information content (AvgIpc) is 1.94. The van der Waals surface area contributed by atoms with E-state index in [9.17, 15) is 17.6 Å². The van der Waals surface area contributed by atoms with Crippen LogP contribution in [0.2, 0.25) is 0 Å². The number of halogens is 4. The summed E-state index contributed by atoms with van der Waals surface area (Å²) in [5, 5.41) is 0. The van der Waals surface area contributed by atoms with E-state index in [0.717, 1.165) is 6.08 Å². The van der Waals surface area contributed by atoms with Gasteiger partial charge < -0.3 is 5.73 Å². The first kappa shape index (κ1) is 11.9. The topological polar surface area (TPSA) is 26.0 Å². The Labute approximate surface area is 73.2 Å². The SMILES string of the molecule is C=C(F)/C(=C\C=C/CN)C(F)(F)F. The molecule has 5 heteroatoms. The zero-order valence-corrected chi connectivity index (χ0v) is 6.74. The number of allylic oxidation sites excluding steroid dienone is 4. The standard InChI is InChI=1S/C8H9F4N/c1-6(9)7(8(10,11)12)4-2-3-5-13/h2-4H,1,5,13H2/b3-2-,7-4+. The maximum absolute atomic E-state index is 12.2. The van der Waals surface area contributed by atoms with Crippen LogP contribution >= 0.6 is 0 Å². The van der Waals surface area contributed by atoms with Crippen LogP contribution in [0.5, 0.6) is 0 Å². The molecule has 0 fully saturated rings. The van der Waals surface area contributed by atoms with Crippen molar-refractivity contribution in [2.24, 2.45) is 5.73 Å². The largest absolute Gasteiger partial charge is 0.419 e. The second-order valence-corrected chi connectivity index (χ2v) is 2.15. The van der Waals surface area contributed by atoms with Gasteiger partial charge in [-0.2, -0.15) is 13.2 Å². The van der Waals surface area contributed by atoms with Crippen LogP contribution in [0.4, 0.5) is 17.6 Å². The summed E-state index contributed by atoms with van der Waals surface area (Å²) < 4.78 is 48.1. The van der Waals surface area contributed by atoms with Crippen LogP contribution in [-0.2, 0) is 0 Å². The molecule has 0 aromatic rings. The summed E-state index contributed by atoms with van der Waals surface area (Å²) in [6.07, 6.45) is -1.82. The molecule has 0 atom stereocenters. The fourth-order valence-electron chi connectivity index (χ4n) is 0.582. The van der Waals surface area contributed by atoms with Crippen molar-refractivity contribution < 1.29 is 17.6 Å². The third-order valence-corrected chi connectivity index (χ3v) is 1.13. The number of alkyl halides is 3. The lowest BCUT2D eigenvalue weighted by Crippen LogP contribution is -2.11. The smallest absolute Gasteiger partial charge is 0.327 e. The fourth-order valence-corrected chi connectivity index (χ4v) is 0.582. The molecule has 0 saturated heterocycles. The zero-order chi connectivity index (χ0) is 10.5. The van der Waals surface area contributed by atoms with Gasteiger partial charge in [0.1, 0.15) is 5.83 Å². The molecule has 0 aliphatic carbocycles. The quantitative estimate of drug-likeness (QED) is 0.543. The minimum absolute atomic E-state index is 0.0976. The zero-order valence-electron chi connectivity index (χ0n) is 6.74. The fraction of sp³-hybridized carbons (Fsp3) is 0.250. The van der Waals surface area contributed by atoms with Gasteiger partial charge in [0, 0.05) is 6.54 Å². The molecule has 0 heterocycles. The number of hydrogen-bond donors (Lipinski definition) is 1. The van der Waals surface area contributed by atoms with E-state index < -0.39 is 17.6 Å². The molecule has 0 radical (unpaired) electrons. The lowest BCUT2D eigenvalue weighted by molar-refractivity contribution is -0.0909. The molecular formula is C8H9F4N. The molecule has 0 aliphatic rings. The maximum atomic E-state index is 12.2. The highest BCUT2D eigenvalue weighted by Gasteiger charge is 2.35. The second-order valence-electron chi connectivity index (χ2n) is 2.15. The molecule has 74 valence electrons.